The van der Waals surface area contributed by atoms with Gasteiger partial charge in [0.2, 0.25) is 0 Å². The summed E-state index contributed by atoms with van der Waals surface area (Å²) in [4.78, 5) is 16.9. The van der Waals surface area contributed by atoms with Crippen molar-refractivity contribution in [2.45, 2.75) is 0 Å². The highest BCUT2D eigenvalue weighted by molar-refractivity contribution is 7.80. The van der Waals surface area contributed by atoms with Crippen molar-refractivity contribution in [3.05, 3.63) is 71.8 Å². The molecule has 9 heteroatoms. The predicted octanol–water partition coefficient (Wildman–Crippen LogP) is 5.52. The number of fused-ring (bicyclic) bond motifs is 1. The van der Waals surface area contributed by atoms with Crippen LogP contribution in [0.1, 0.15) is 0 Å². The minimum absolute atomic E-state index is 0.134. The number of benzene rings is 3. The van der Waals surface area contributed by atoms with E-state index in [-0.39, 0.29) is 11.7 Å². The van der Waals surface area contributed by atoms with Crippen LogP contribution in [0.25, 0.3) is 20.8 Å². The molecule has 0 aliphatic carbocycles. The maximum absolute atomic E-state index is 12.2. The molecule has 0 saturated carbocycles. The molecule has 32 heavy (non-hydrogen) atoms. The summed E-state index contributed by atoms with van der Waals surface area (Å²) in [5.41, 5.74) is 2.48. The van der Waals surface area contributed by atoms with E-state index in [1.54, 1.807) is 42.7 Å². The van der Waals surface area contributed by atoms with Crippen molar-refractivity contribution in [2.75, 3.05) is 19.0 Å². The highest BCUT2D eigenvalue weighted by Gasteiger charge is 2.12. The van der Waals surface area contributed by atoms with E-state index in [1.165, 1.54) is 0 Å². The lowest BCUT2D eigenvalue weighted by Gasteiger charge is -2.14. The number of rotatable bonds is 6. The van der Waals surface area contributed by atoms with Crippen LogP contribution >= 0.6 is 35.2 Å². The van der Waals surface area contributed by atoms with Gasteiger partial charge in [0.25, 0.3) is 5.91 Å². The van der Waals surface area contributed by atoms with E-state index >= 15 is 0 Å². The fourth-order valence-corrected chi connectivity index (χ4v) is 4.24. The summed E-state index contributed by atoms with van der Waals surface area (Å²) in [6.45, 7) is -0.188. The van der Waals surface area contributed by atoms with E-state index in [0.29, 0.717) is 22.2 Å². The molecule has 0 bridgehead atoms. The van der Waals surface area contributed by atoms with Gasteiger partial charge in [-0.05, 0) is 66.8 Å². The number of methoxy groups -OCH3 is 1. The quantitative estimate of drug-likeness (QED) is 0.352. The van der Waals surface area contributed by atoms with Gasteiger partial charge in [-0.2, -0.15) is 0 Å². The van der Waals surface area contributed by atoms with Crippen LogP contribution in [-0.2, 0) is 4.79 Å². The number of hydrogen-bond acceptors (Lipinski definition) is 6. The average molecular weight is 484 g/mol. The summed E-state index contributed by atoms with van der Waals surface area (Å²) in [7, 11) is 1.57. The number of thiazole rings is 1. The zero-order chi connectivity index (χ0) is 22.5. The zero-order valence-electron chi connectivity index (χ0n) is 16.9. The Hall–Kier alpha value is -3.20. The van der Waals surface area contributed by atoms with Gasteiger partial charge in [0, 0.05) is 10.6 Å². The normalized spacial score (nSPS) is 10.6. The van der Waals surface area contributed by atoms with Gasteiger partial charge >= 0.3 is 0 Å². The number of nitrogens with one attached hydrogen (secondary N) is 2. The van der Waals surface area contributed by atoms with Crippen LogP contribution in [0.15, 0.2) is 66.7 Å². The number of nitrogens with zero attached hydrogens (tertiary/aromatic N) is 1. The van der Waals surface area contributed by atoms with Gasteiger partial charge in [-0.25, -0.2) is 4.98 Å². The average Bonchev–Trinajstić information content (AvgIpc) is 3.23. The Morgan fingerprint density at radius 2 is 1.91 bits per heavy atom. The predicted molar refractivity (Wildman–Crippen MR) is 133 cm³/mol. The van der Waals surface area contributed by atoms with Crippen LogP contribution in [0.2, 0.25) is 5.02 Å². The summed E-state index contributed by atoms with van der Waals surface area (Å²) in [6.07, 6.45) is 0. The molecule has 0 spiro atoms. The topological polar surface area (TPSA) is 72.5 Å². The molecular weight excluding hydrogens is 466 g/mol. The van der Waals surface area contributed by atoms with Crippen molar-refractivity contribution >= 4 is 62.1 Å². The van der Waals surface area contributed by atoms with Crippen LogP contribution in [0.5, 0.6) is 11.5 Å². The number of thiocarbonyl (C=S) groups is 1. The van der Waals surface area contributed by atoms with Gasteiger partial charge in [0.05, 0.1) is 23.0 Å². The van der Waals surface area contributed by atoms with E-state index < -0.39 is 5.91 Å². The standard InChI is InChI=1S/C23H18ClN3O3S2/c1-29-19-11-6-14(22-25-17-4-2-3-5-20(17)32-22)12-18(19)26-23(31)27-21(28)13-30-16-9-7-15(24)8-10-16/h2-12H,13H2,1H3,(H2,26,27,28,31). The number of anilines is 1. The molecule has 4 rings (SSSR count). The fourth-order valence-electron chi connectivity index (χ4n) is 2.93. The number of para-hydroxylation sites is 1. The smallest absolute Gasteiger partial charge is 0.264 e. The first-order chi connectivity index (χ1) is 15.5. The van der Waals surface area contributed by atoms with Crippen LogP contribution in [0.3, 0.4) is 0 Å². The van der Waals surface area contributed by atoms with E-state index in [4.69, 9.17) is 33.3 Å². The van der Waals surface area contributed by atoms with E-state index in [1.807, 2.05) is 42.5 Å². The van der Waals surface area contributed by atoms with Gasteiger partial charge in [-0.1, -0.05) is 23.7 Å². The molecule has 3 aromatic carbocycles. The molecule has 0 aliphatic rings. The maximum atomic E-state index is 12.2. The maximum Gasteiger partial charge on any atom is 0.264 e. The van der Waals surface area contributed by atoms with Gasteiger partial charge < -0.3 is 14.8 Å². The molecule has 2 N–H and O–H groups in total. The summed E-state index contributed by atoms with van der Waals surface area (Å²) < 4.78 is 12.0. The summed E-state index contributed by atoms with van der Waals surface area (Å²) in [6, 6.07) is 20.4. The van der Waals surface area contributed by atoms with Crippen molar-refractivity contribution in [1.82, 2.24) is 10.3 Å². The van der Waals surface area contributed by atoms with Gasteiger partial charge in [0.15, 0.2) is 11.7 Å². The number of halogens is 1. The third-order valence-electron chi connectivity index (χ3n) is 4.43. The number of ether oxygens (including phenoxy) is 2. The Morgan fingerprint density at radius 3 is 2.66 bits per heavy atom. The number of carbonyl (C=O) groups is 1. The Labute approximate surface area is 199 Å². The minimum Gasteiger partial charge on any atom is -0.495 e. The Bertz CT molecular complexity index is 1240. The summed E-state index contributed by atoms with van der Waals surface area (Å²) >= 11 is 12.7. The second-order valence-electron chi connectivity index (χ2n) is 6.65. The third-order valence-corrected chi connectivity index (χ3v) is 5.97. The molecule has 0 aliphatic heterocycles. The van der Waals surface area contributed by atoms with E-state index in [9.17, 15) is 4.79 Å². The highest BCUT2D eigenvalue weighted by Crippen LogP contribution is 2.34. The molecule has 162 valence electrons. The van der Waals surface area contributed by atoms with E-state index in [0.717, 1.165) is 20.8 Å². The SMILES string of the molecule is COc1ccc(-c2nc3ccccc3s2)cc1NC(=S)NC(=O)COc1ccc(Cl)cc1. The second-order valence-corrected chi connectivity index (χ2v) is 8.52. The van der Waals surface area contributed by atoms with E-state index in [2.05, 4.69) is 15.6 Å². The first-order valence-electron chi connectivity index (χ1n) is 9.55. The lowest BCUT2D eigenvalue weighted by molar-refractivity contribution is -0.121. The monoisotopic (exact) mass is 483 g/mol. The number of aromatic nitrogens is 1. The largest absolute Gasteiger partial charge is 0.495 e. The van der Waals surface area contributed by atoms with Crippen molar-refractivity contribution < 1.29 is 14.3 Å². The fraction of sp³-hybridized carbons (Fsp3) is 0.0870. The highest BCUT2D eigenvalue weighted by atomic mass is 35.5. The summed E-state index contributed by atoms with van der Waals surface area (Å²) in [5, 5.41) is 7.23. The van der Waals surface area contributed by atoms with Crippen LogP contribution in [0.4, 0.5) is 5.69 Å². The molecular formula is C23H18ClN3O3S2. The van der Waals surface area contributed by atoms with Gasteiger partial charge in [0.1, 0.15) is 16.5 Å². The van der Waals surface area contributed by atoms with Crippen molar-refractivity contribution in [3.8, 4) is 22.1 Å². The molecule has 0 atom stereocenters. The Kier molecular flexibility index (Phi) is 6.84. The number of carbonyl (C=O) groups excluding carboxylic acids is 1. The van der Waals surface area contributed by atoms with Crippen molar-refractivity contribution in [3.63, 3.8) is 0 Å². The lowest BCUT2D eigenvalue weighted by atomic mass is 10.2. The van der Waals surface area contributed by atoms with Gasteiger partial charge in [-0.3, -0.25) is 10.1 Å². The molecule has 0 unspecified atom stereocenters. The minimum atomic E-state index is -0.390. The summed E-state index contributed by atoms with van der Waals surface area (Å²) in [5.74, 6) is 0.733. The first-order valence-corrected chi connectivity index (χ1v) is 11.2. The third kappa shape index (κ3) is 5.34. The lowest BCUT2D eigenvalue weighted by Crippen LogP contribution is -2.37. The molecule has 4 aromatic rings. The van der Waals surface area contributed by atoms with Crippen molar-refractivity contribution in [2.24, 2.45) is 0 Å². The Morgan fingerprint density at radius 1 is 1.12 bits per heavy atom. The molecule has 0 radical (unpaired) electrons. The molecule has 0 saturated heterocycles. The second kappa shape index (κ2) is 9.95. The molecule has 1 heterocycles. The zero-order valence-corrected chi connectivity index (χ0v) is 19.3. The number of amides is 1. The molecule has 1 aromatic heterocycles. The van der Waals surface area contributed by atoms with Crippen LogP contribution in [-0.4, -0.2) is 29.7 Å². The van der Waals surface area contributed by atoms with Crippen LogP contribution < -0.4 is 20.1 Å². The molecule has 0 fully saturated rings. The van der Waals surface area contributed by atoms with Crippen LogP contribution in [0, 0.1) is 0 Å². The van der Waals surface area contributed by atoms with Crippen molar-refractivity contribution in [1.29, 1.82) is 0 Å². The van der Waals surface area contributed by atoms with Gasteiger partial charge in [-0.15, -0.1) is 11.3 Å². The molecule has 6 nitrogen and oxygen atoms in total. The Balaban J connectivity index is 1.43. The first kappa shape index (κ1) is 22.0. The molecule has 1 amide bonds. The number of hydrogen-bond donors (Lipinski definition) is 2.